The third kappa shape index (κ3) is 3.65. The SMILES string of the molecule is CNC(=O)c1ccc(C)c(NC(=O)N2CCCC[C@H]2c2ncc[nH]2)c1. The van der Waals surface area contributed by atoms with E-state index >= 15 is 0 Å². The van der Waals surface area contributed by atoms with Crippen LogP contribution >= 0.6 is 0 Å². The number of H-pyrrole nitrogens is 1. The number of aryl methyl sites for hydroxylation is 1. The van der Waals surface area contributed by atoms with Gasteiger partial charge in [0.25, 0.3) is 5.91 Å². The fourth-order valence-corrected chi connectivity index (χ4v) is 3.15. The zero-order chi connectivity index (χ0) is 17.8. The summed E-state index contributed by atoms with van der Waals surface area (Å²) in [5.74, 6) is 0.632. The summed E-state index contributed by atoms with van der Waals surface area (Å²) >= 11 is 0. The van der Waals surface area contributed by atoms with Crippen molar-refractivity contribution in [2.75, 3.05) is 18.9 Å². The van der Waals surface area contributed by atoms with Gasteiger partial charge in [-0.15, -0.1) is 0 Å². The Bertz CT molecular complexity index is 757. The largest absolute Gasteiger partial charge is 0.355 e. The summed E-state index contributed by atoms with van der Waals surface area (Å²) in [6, 6.07) is 5.07. The number of urea groups is 1. The number of nitrogens with one attached hydrogen (secondary N) is 3. The maximum atomic E-state index is 12.8. The van der Waals surface area contributed by atoms with Crippen molar-refractivity contribution in [1.29, 1.82) is 0 Å². The smallest absolute Gasteiger partial charge is 0.322 e. The van der Waals surface area contributed by atoms with E-state index in [1.54, 1.807) is 31.6 Å². The Morgan fingerprint density at radius 3 is 2.88 bits per heavy atom. The molecule has 1 aromatic heterocycles. The average Bonchev–Trinajstić information content (AvgIpc) is 3.17. The number of hydrogen-bond acceptors (Lipinski definition) is 3. The van der Waals surface area contributed by atoms with Crippen molar-refractivity contribution < 1.29 is 9.59 Å². The van der Waals surface area contributed by atoms with Gasteiger partial charge in [0.05, 0.1) is 6.04 Å². The lowest BCUT2D eigenvalue weighted by Crippen LogP contribution is -2.41. The molecule has 25 heavy (non-hydrogen) atoms. The van der Waals surface area contributed by atoms with Crippen LogP contribution in [-0.4, -0.2) is 40.4 Å². The molecule has 1 fully saturated rings. The molecule has 1 saturated heterocycles. The van der Waals surface area contributed by atoms with Crippen LogP contribution < -0.4 is 10.6 Å². The van der Waals surface area contributed by atoms with E-state index in [0.29, 0.717) is 17.8 Å². The first kappa shape index (κ1) is 17.0. The molecule has 2 aromatic rings. The van der Waals surface area contributed by atoms with Crippen LogP contribution in [0.15, 0.2) is 30.6 Å². The number of aromatic amines is 1. The molecule has 7 nitrogen and oxygen atoms in total. The van der Waals surface area contributed by atoms with Crippen LogP contribution in [-0.2, 0) is 0 Å². The van der Waals surface area contributed by atoms with Gasteiger partial charge in [-0.25, -0.2) is 9.78 Å². The van der Waals surface area contributed by atoms with E-state index in [9.17, 15) is 9.59 Å². The van der Waals surface area contributed by atoms with E-state index in [0.717, 1.165) is 30.7 Å². The fourth-order valence-electron chi connectivity index (χ4n) is 3.15. The summed E-state index contributed by atoms with van der Waals surface area (Å²) in [5, 5.41) is 5.55. The lowest BCUT2D eigenvalue weighted by molar-refractivity contribution is 0.0963. The standard InChI is InChI=1S/C18H23N5O2/c1-12-6-7-13(17(24)19-2)11-14(12)22-18(25)23-10-4-3-5-15(23)16-20-8-9-21-16/h6-9,11,15H,3-5,10H2,1-2H3,(H,19,24)(H,20,21)(H,22,25)/t15-/m0/s1. The highest BCUT2D eigenvalue weighted by atomic mass is 16.2. The van der Waals surface area contributed by atoms with Crippen molar-refractivity contribution in [3.8, 4) is 0 Å². The number of aromatic nitrogens is 2. The summed E-state index contributed by atoms with van der Waals surface area (Å²) < 4.78 is 0. The van der Waals surface area contributed by atoms with Crippen molar-refractivity contribution in [3.05, 3.63) is 47.5 Å². The fraction of sp³-hybridized carbons (Fsp3) is 0.389. The van der Waals surface area contributed by atoms with Crippen LogP contribution in [0.3, 0.4) is 0 Å². The minimum Gasteiger partial charge on any atom is -0.355 e. The second kappa shape index (κ2) is 7.38. The molecule has 0 radical (unpaired) electrons. The van der Waals surface area contributed by atoms with Crippen LogP contribution in [0, 0.1) is 6.92 Å². The monoisotopic (exact) mass is 341 g/mol. The zero-order valence-electron chi connectivity index (χ0n) is 14.5. The number of benzene rings is 1. The van der Waals surface area contributed by atoms with Gasteiger partial charge in [0.15, 0.2) is 0 Å². The second-order valence-corrected chi connectivity index (χ2v) is 6.22. The predicted octanol–water partition coefficient (Wildman–Crippen LogP) is 2.84. The molecule has 3 amide bonds. The molecular formula is C18H23N5O2. The molecule has 1 aliphatic heterocycles. The molecule has 132 valence electrons. The molecule has 0 bridgehead atoms. The highest BCUT2D eigenvalue weighted by Gasteiger charge is 2.29. The molecular weight excluding hydrogens is 318 g/mol. The average molecular weight is 341 g/mol. The lowest BCUT2D eigenvalue weighted by atomic mass is 10.0. The van der Waals surface area contributed by atoms with Crippen molar-refractivity contribution in [3.63, 3.8) is 0 Å². The number of imidazole rings is 1. The molecule has 0 unspecified atom stereocenters. The summed E-state index contributed by atoms with van der Waals surface area (Å²) in [7, 11) is 1.59. The van der Waals surface area contributed by atoms with Crippen LogP contribution in [0.25, 0.3) is 0 Å². The number of carbonyl (C=O) groups excluding carboxylic acids is 2. The number of carbonyl (C=O) groups is 2. The molecule has 0 saturated carbocycles. The summed E-state index contributed by atoms with van der Waals surface area (Å²) in [6.45, 7) is 2.59. The quantitative estimate of drug-likeness (QED) is 0.802. The Morgan fingerprint density at radius 2 is 2.16 bits per heavy atom. The number of amides is 3. The lowest BCUT2D eigenvalue weighted by Gasteiger charge is -2.34. The van der Waals surface area contributed by atoms with Gasteiger partial charge >= 0.3 is 6.03 Å². The number of hydrogen-bond donors (Lipinski definition) is 3. The Balaban J connectivity index is 1.80. The van der Waals surface area contributed by atoms with Gasteiger partial charge in [0.1, 0.15) is 5.82 Å². The van der Waals surface area contributed by atoms with E-state index in [1.807, 2.05) is 17.9 Å². The predicted molar refractivity (Wildman–Crippen MR) is 95.5 cm³/mol. The normalized spacial score (nSPS) is 17.2. The van der Waals surface area contributed by atoms with E-state index in [1.165, 1.54) is 0 Å². The molecule has 0 aliphatic carbocycles. The highest BCUT2D eigenvalue weighted by molar-refractivity contribution is 5.97. The molecule has 1 atom stereocenters. The van der Waals surface area contributed by atoms with Gasteiger partial charge in [-0.05, 0) is 43.9 Å². The second-order valence-electron chi connectivity index (χ2n) is 6.22. The van der Waals surface area contributed by atoms with Gasteiger partial charge in [-0.3, -0.25) is 4.79 Å². The molecule has 3 rings (SSSR count). The van der Waals surface area contributed by atoms with E-state index in [2.05, 4.69) is 20.6 Å². The first-order valence-corrected chi connectivity index (χ1v) is 8.50. The van der Waals surface area contributed by atoms with Gasteiger partial charge in [0, 0.05) is 37.2 Å². The number of rotatable bonds is 3. The van der Waals surface area contributed by atoms with Crippen LogP contribution in [0.5, 0.6) is 0 Å². The molecule has 0 spiro atoms. The number of likely N-dealkylation sites (tertiary alicyclic amines) is 1. The van der Waals surface area contributed by atoms with Gasteiger partial charge in [-0.1, -0.05) is 6.07 Å². The van der Waals surface area contributed by atoms with E-state index in [-0.39, 0.29) is 18.0 Å². The van der Waals surface area contributed by atoms with Gasteiger partial charge < -0.3 is 20.5 Å². The van der Waals surface area contributed by atoms with Gasteiger partial charge in [0.2, 0.25) is 0 Å². The van der Waals surface area contributed by atoms with E-state index in [4.69, 9.17) is 0 Å². The molecule has 7 heteroatoms. The molecule has 2 heterocycles. The van der Waals surface area contributed by atoms with E-state index < -0.39 is 0 Å². The maximum absolute atomic E-state index is 12.8. The number of nitrogens with zero attached hydrogens (tertiary/aromatic N) is 2. The van der Waals surface area contributed by atoms with Gasteiger partial charge in [-0.2, -0.15) is 0 Å². The molecule has 1 aromatic carbocycles. The summed E-state index contributed by atoms with van der Waals surface area (Å²) in [5.41, 5.74) is 2.08. The topological polar surface area (TPSA) is 90.1 Å². The maximum Gasteiger partial charge on any atom is 0.322 e. The Hall–Kier alpha value is -2.83. The summed E-state index contributed by atoms with van der Waals surface area (Å²) in [4.78, 5) is 33.9. The minimum atomic E-state index is -0.179. The third-order valence-corrected chi connectivity index (χ3v) is 4.57. The number of anilines is 1. The van der Waals surface area contributed by atoms with Crippen molar-refractivity contribution >= 4 is 17.6 Å². The zero-order valence-corrected chi connectivity index (χ0v) is 14.5. The molecule has 3 N–H and O–H groups in total. The Morgan fingerprint density at radius 1 is 1.32 bits per heavy atom. The van der Waals surface area contributed by atoms with Crippen molar-refractivity contribution in [2.24, 2.45) is 0 Å². The summed E-state index contributed by atoms with van der Waals surface area (Å²) in [6.07, 6.45) is 6.41. The van der Waals surface area contributed by atoms with Crippen LogP contribution in [0.4, 0.5) is 10.5 Å². The van der Waals surface area contributed by atoms with Crippen LogP contribution in [0.2, 0.25) is 0 Å². The number of piperidine rings is 1. The highest BCUT2D eigenvalue weighted by Crippen LogP contribution is 2.29. The van der Waals surface area contributed by atoms with Crippen molar-refractivity contribution in [2.45, 2.75) is 32.2 Å². The third-order valence-electron chi connectivity index (χ3n) is 4.57. The first-order chi connectivity index (χ1) is 12.1. The Kier molecular flexibility index (Phi) is 5.02. The Labute approximate surface area is 146 Å². The minimum absolute atomic E-state index is 0.0498. The van der Waals surface area contributed by atoms with Crippen LogP contribution in [0.1, 0.15) is 47.1 Å². The first-order valence-electron chi connectivity index (χ1n) is 8.50. The van der Waals surface area contributed by atoms with Crippen molar-refractivity contribution in [1.82, 2.24) is 20.2 Å². The molecule has 1 aliphatic rings.